The summed E-state index contributed by atoms with van der Waals surface area (Å²) in [6.45, 7) is 6.84. The molecule has 0 aromatic heterocycles. The highest BCUT2D eigenvalue weighted by molar-refractivity contribution is 6.34. The van der Waals surface area contributed by atoms with Crippen LogP contribution in [0.2, 0.25) is 10.0 Å². The van der Waals surface area contributed by atoms with Gasteiger partial charge in [0.1, 0.15) is 5.75 Å². The van der Waals surface area contributed by atoms with Gasteiger partial charge in [-0.15, -0.1) is 0 Å². The zero-order valence-electron chi connectivity index (χ0n) is 12.5. The molecule has 0 aliphatic carbocycles. The summed E-state index contributed by atoms with van der Waals surface area (Å²) in [6, 6.07) is 3.77. The molecule has 0 atom stereocenters. The normalized spacial score (nSPS) is 10.8. The first-order chi connectivity index (χ1) is 9.69. The summed E-state index contributed by atoms with van der Waals surface area (Å²) in [4.78, 5) is 0. The third-order valence-corrected chi connectivity index (χ3v) is 3.85. The molecule has 0 aliphatic heterocycles. The fourth-order valence-electron chi connectivity index (χ4n) is 2.12. The Bertz CT molecular complexity index is 396. The average Bonchev–Trinajstić information content (AvgIpc) is 2.43. The molecule has 1 rings (SSSR count). The van der Waals surface area contributed by atoms with Crippen molar-refractivity contribution in [2.75, 3.05) is 19.7 Å². The monoisotopic (exact) mass is 317 g/mol. The highest BCUT2D eigenvalue weighted by Crippen LogP contribution is 2.32. The van der Waals surface area contributed by atoms with E-state index in [4.69, 9.17) is 27.9 Å². The van der Waals surface area contributed by atoms with E-state index in [2.05, 4.69) is 12.2 Å². The second-order valence-electron chi connectivity index (χ2n) is 4.82. The SMILES string of the molecule is CCNCCCCCCc1cc(Cl)c(OCC)cc1Cl. The first-order valence-electron chi connectivity index (χ1n) is 7.50. The number of nitrogens with one attached hydrogen (secondary N) is 1. The Morgan fingerprint density at radius 2 is 1.75 bits per heavy atom. The van der Waals surface area contributed by atoms with E-state index in [0.717, 1.165) is 36.5 Å². The number of hydrogen-bond donors (Lipinski definition) is 1. The molecule has 0 saturated carbocycles. The van der Waals surface area contributed by atoms with Crippen molar-refractivity contribution in [2.24, 2.45) is 0 Å². The van der Waals surface area contributed by atoms with Crippen molar-refractivity contribution >= 4 is 23.2 Å². The number of ether oxygens (including phenoxy) is 1. The molecule has 0 aliphatic rings. The quantitative estimate of drug-likeness (QED) is 0.606. The lowest BCUT2D eigenvalue weighted by Gasteiger charge is -2.10. The molecule has 0 spiro atoms. The summed E-state index contributed by atoms with van der Waals surface area (Å²) in [5.74, 6) is 0.675. The molecular weight excluding hydrogens is 293 g/mol. The van der Waals surface area contributed by atoms with Crippen LogP contribution in [0.4, 0.5) is 0 Å². The van der Waals surface area contributed by atoms with Crippen LogP contribution in [0.15, 0.2) is 12.1 Å². The topological polar surface area (TPSA) is 21.3 Å². The molecule has 4 heteroatoms. The lowest BCUT2D eigenvalue weighted by Crippen LogP contribution is -2.13. The second-order valence-corrected chi connectivity index (χ2v) is 5.64. The van der Waals surface area contributed by atoms with Crippen LogP contribution in [-0.4, -0.2) is 19.7 Å². The Balaban J connectivity index is 2.35. The van der Waals surface area contributed by atoms with E-state index in [-0.39, 0.29) is 0 Å². The number of aryl methyl sites for hydroxylation is 1. The van der Waals surface area contributed by atoms with Crippen molar-refractivity contribution in [1.29, 1.82) is 0 Å². The van der Waals surface area contributed by atoms with Crippen LogP contribution in [0.3, 0.4) is 0 Å². The molecule has 114 valence electrons. The standard InChI is InChI=1S/C16H25Cl2NO/c1-3-19-10-8-6-5-7-9-13-11-15(18)16(20-4-2)12-14(13)17/h11-12,19H,3-10H2,1-2H3. The maximum absolute atomic E-state index is 6.27. The number of benzene rings is 1. The van der Waals surface area contributed by atoms with Gasteiger partial charge in [0.25, 0.3) is 0 Å². The van der Waals surface area contributed by atoms with E-state index in [1.54, 1.807) is 0 Å². The van der Waals surface area contributed by atoms with Crippen LogP contribution >= 0.6 is 23.2 Å². The van der Waals surface area contributed by atoms with Crippen molar-refractivity contribution in [2.45, 2.75) is 46.0 Å². The molecule has 0 radical (unpaired) electrons. The predicted octanol–water partition coefficient (Wildman–Crippen LogP) is 5.10. The van der Waals surface area contributed by atoms with Crippen LogP contribution in [0.25, 0.3) is 0 Å². The summed E-state index contributed by atoms with van der Waals surface area (Å²) >= 11 is 12.5. The van der Waals surface area contributed by atoms with Crippen molar-refractivity contribution < 1.29 is 4.74 Å². The van der Waals surface area contributed by atoms with E-state index in [1.165, 1.54) is 19.3 Å². The lowest BCUT2D eigenvalue weighted by molar-refractivity contribution is 0.340. The first kappa shape index (κ1) is 17.6. The van der Waals surface area contributed by atoms with E-state index in [9.17, 15) is 0 Å². The molecule has 0 bridgehead atoms. The van der Waals surface area contributed by atoms with Crippen molar-refractivity contribution in [3.05, 3.63) is 27.7 Å². The fourth-order valence-corrected chi connectivity index (χ4v) is 2.61. The lowest BCUT2D eigenvalue weighted by atomic mass is 10.1. The van der Waals surface area contributed by atoms with Crippen LogP contribution in [-0.2, 0) is 6.42 Å². The molecule has 1 aromatic rings. The Hall–Kier alpha value is -0.440. The summed E-state index contributed by atoms with van der Waals surface area (Å²) in [7, 11) is 0. The third kappa shape index (κ3) is 6.34. The number of unbranched alkanes of at least 4 members (excludes halogenated alkanes) is 3. The van der Waals surface area contributed by atoms with Crippen LogP contribution < -0.4 is 10.1 Å². The minimum absolute atomic E-state index is 0.598. The zero-order chi connectivity index (χ0) is 14.8. The van der Waals surface area contributed by atoms with Crippen LogP contribution in [0.5, 0.6) is 5.75 Å². The first-order valence-corrected chi connectivity index (χ1v) is 8.26. The summed E-state index contributed by atoms with van der Waals surface area (Å²) in [5, 5.41) is 4.75. The minimum atomic E-state index is 0.598. The van der Waals surface area contributed by atoms with E-state index < -0.39 is 0 Å². The van der Waals surface area contributed by atoms with E-state index in [0.29, 0.717) is 17.4 Å². The molecule has 0 amide bonds. The Labute approximate surface area is 132 Å². The second kappa shape index (κ2) is 10.3. The van der Waals surface area contributed by atoms with Crippen molar-refractivity contribution in [1.82, 2.24) is 5.32 Å². The highest BCUT2D eigenvalue weighted by Gasteiger charge is 2.08. The molecule has 0 heterocycles. The molecule has 0 unspecified atom stereocenters. The highest BCUT2D eigenvalue weighted by atomic mass is 35.5. The summed E-state index contributed by atoms with van der Waals surface area (Å²) in [6.07, 6.45) is 5.86. The third-order valence-electron chi connectivity index (χ3n) is 3.20. The average molecular weight is 318 g/mol. The largest absolute Gasteiger partial charge is 0.492 e. The predicted molar refractivity (Wildman–Crippen MR) is 88.3 cm³/mol. The number of halogens is 2. The molecule has 1 aromatic carbocycles. The van der Waals surface area contributed by atoms with Gasteiger partial charge in [0.05, 0.1) is 11.6 Å². The van der Waals surface area contributed by atoms with Gasteiger partial charge >= 0.3 is 0 Å². The van der Waals surface area contributed by atoms with Gasteiger partial charge in [-0.25, -0.2) is 0 Å². The Kier molecular flexibility index (Phi) is 9.08. The van der Waals surface area contributed by atoms with Crippen LogP contribution in [0.1, 0.15) is 45.1 Å². The molecule has 2 nitrogen and oxygen atoms in total. The van der Waals surface area contributed by atoms with Crippen molar-refractivity contribution in [3.8, 4) is 5.75 Å². The van der Waals surface area contributed by atoms with Gasteiger partial charge in [0.2, 0.25) is 0 Å². The Morgan fingerprint density at radius 3 is 2.45 bits per heavy atom. The van der Waals surface area contributed by atoms with Gasteiger partial charge in [-0.3, -0.25) is 0 Å². The van der Waals surface area contributed by atoms with Crippen LogP contribution in [0, 0.1) is 0 Å². The van der Waals surface area contributed by atoms with Gasteiger partial charge in [-0.2, -0.15) is 0 Å². The smallest absolute Gasteiger partial charge is 0.139 e. The van der Waals surface area contributed by atoms with Gasteiger partial charge in [0, 0.05) is 11.1 Å². The van der Waals surface area contributed by atoms with E-state index in [1.807, 2.05) is 19.1 Å². The van der Waals surface area contributed by atoms with Gasteiger partial charge in [-0.05, 0) is 50.9 Å². The maximum Gasteiger partial charge on any atom is 0.139 e. The summed E-state index contributed by atoms with van der Waals surface area (Å²) in [5.41, 5.74) is 1.12. The van der Waals surface area contributed by atoms with E-state index >= 15 is 0 Å². The van der Waals surface area contributed by atoms with Gasteiger partial charge in [0.15, 0.2) is 0 Å². The molecular formula is C16H25Cl2NO. The number of hydrogen-bond acceptors (Lipinski definition) is 2. The molecule has 0 saturated heterocycles. The molecule has 0 fully saturated rings. The molecule has 1 N–H and O–H groups in total. The Morgan fingerprint density at radius 1 is 1.00 bits per heavy atom. The molecule has 20 heavy (non-hydrogen) atoms. The zero-order valence-corrected chi connectivity index (χ0v) is 14.0. The van der Waals surface area contributed by atoms with Gasteiger partial charge in [-0.1, -0.05) is 43.0 Å². The number of rotatable bonds is 10. The fraction of sp³-hybridized carbons (Fsp3) is 0.625. The van der Waals surface area contributed by atoms with Crippen molar-refractivity contribution in [3.63, 3.8) is 0 Å². The van der Waals surface area contributed by atoms with Gasteiger partial charge < -0.3 is 10.1 Å². The maximum atomic E-state index is 6.27. The summed E-state index contributed by atoms with van der Waals surface area (Å²) < 4.78 is 5.43. The minimum Gasteiger partial charge on any atom is -0.492 e.